The van der Waals surface area contributed by atoms with E-state index in [1.54, 1.807) is 71.9 Å². The molecule has 2 rings (SSSR count). The lowest BCUT2D eigenvalue weighted by Gasteiger charge is -2.30. The number of carboxylic acids is 2. The van der Waals surface area contributed by atoms with E-state index in [4.69, 9.17) is 17.2 Å². The number of amides is 9. The van der Waals surface area contributed by atoms with Crippen molar-refractivity contribution in [1.82, 2.24) is 47.9 Å². The van der Waals surface area contributed by atoms with Crippen LogP contribution in [0.4, 0.5) is 0 Å². The van der Waals surface area contributed by atoms with Crippen molar-refractivity contribution in [3.63, 3.8) is 0 Å². The molecule has 0 aromatic heterocycles. The Morgan fingerprint density at radius 3 is 1.45 bits per heavy atom. The van der Waals surface area contributed by atoms with Gasteiger partial charge in [-0.05, 0) is 106 Å². The molecular formula is C58H92N12O15. The molecule has 0 aliphatic rings. The van der Waals surface area contributed by atoms with Crippen LogP contribution < -0.4 is 65.1 Å². The van der Waals surface area contributed by atoms with E-state index >= 15 is 0 Å². The molecule has 85 heavy (non-hydrogen) atoms. The van der Waals surface area contributed by atoms with Gasteiger partial charge in [0.1, 0.15) is 60.1 Å². The minimum atomic E-state index is -1.70. The van der Waals surface area contributed by atoms with Gasteiger partial charge in [-0.25, -0.2) is 4.79 Å². The number of phenols is 1. The van der Waals surface area contributed by atoms with Gasteiger partial charge in [0.25, 0.3) is 0 Å². The first-order valence-electron chi connectivity index (χ1n) is 28.9. The summed E-state index contributed by atoms with van der Waals surface area (Å²) >= 11 is 0. The third-order valence-electron chi connectivity index (χ3n) is 14.0. The van der Waals surface area contributed by atoms with Crippen LogP contribution in [-0.2, 0) is 65.6 Å². The fourth-order valence-corrected chi connectivity index (χ4v) is 8.73. The Morgan fingerprint density at radius 2 is 0.929 bits per heavy atom. The van der Waals surface area contributed by atoms with Crippen molar-refractivity contribution in [3.05, 3.63) is 65.7 Å². The largest absolute Gasteiger partial charge is 0.508 e. The number of aliphatic hydroxyl groups excluding tert-OH is 1. The highest BCUT2D eigenvalue weighted by atomic mass is 16.4. The zero-order valence-corrected chi connectivity index (χ0v) is 49.8. The quantitative estimate of drug-likeness (QED) is 0.0350. The van der Waals surface area contributed by atoms with E-state index in [1.165, 1.54) is 31.2 Å². The Bertz CT molecular complexity index is 2500. The van der Waals surface area contributed by atoms with Crippen molar-refractivity contribution >= 4 is 65.1 Å². The summed E-state index contributed by atoms with van der Waals surface area (Å²) in [6.07, 6.45) is 0.939. The molecule has 11 atom stereocenters. The van der Waals surface area contributed by atoms with Gasteiger partial charge in [-0.2, -0.15) is 0 Å². The molecule has 0 spiro atoms. The van der Waals surface area contributed by atoms with Gasteiger partial charge in [-0.15, -0.1) is 0 Å². The molecule has 0 saturated heterocycles. The Hall–Kier alpha value is -7.75. The Labute approximate surface area is 496 Å². The fraction of sp³-hybridized carbons (Fsp3) is 0.603. The first-order chi connectivity index (χ1) is 40.1. The molecule has 2 aromatic carbocycles. The summed E-state index contributed by atoms with van der Waals surface area (Å²) in [6.45, 7) is 11.2. The van der Waals surface area contributed by atoms with Crippen LogP contribution in [0, 0.1) is 17.8 Å². The third kappa shape index (κ3) is 26.8. The Kier molecular flexibility index (Phi) is 33.0. The van der Waals surface area contributed by atoms with Crippen molar-refractivity contribution in [2.24, 2.45) is 35.0 Å². The number of aliphatic hydroxyl groups is 1. The van der Waals surface area contributed by atoms with Gasteiger partial charge >= 0.3 is 11.9 Å². The van der Waals surface area contributed by atoms with Crippen LogP contribution in [0.1, 0.15) is 124 Å². The number of benzene rings is 2. The number of hydrogen-bond acceptors (Lipinski definition) is 16. The SMILES string of the molecule is CC[C@H](C)[C@H](NC(=O)[C@H](CCCCN)NC(=O)[C@H](CCC(=O)O)NC(=O)[C@H](CO)NC(=O)[C@H](C)NC(=O)[C@@H](N)CCCCN)C(=O)N[C@@H](Cc1ccccc1)C(=O)N[C@@H](Cc1ccc(O)cc1)C(=O)N[C@H](C(=O)N[C@@H](CC(C)C)C(=O)O)C(C)C. The molecule has 0 bridgehead atoms. The summed E-state index contributed by atoms with van der Waals surface area (Å²) in [5.41, 5.74) is 18.3. The molecule has 0 radical (unpaired) electrons. The number of carbonyl (C=O) groups is 11. The predicted molar refractivity (Wildman–Crippen MR) is 314 cm³/mol. The fourth-order valence-electron chi connectivity index (χ4n) is 8.73. The molecule has 9 amide bonds. The molecule has 0 heterocycles. The van der Waals surface area contributed by atoms with E-state index in [0.717, 1.165) is 0 Å². The van der Waals surface area contributed by atoms with E-state index in [9.17, 15) is 73.2 Å². The second kappa shape index (κ2) is 38.2. The van der Waals surface area contributed by atoms with Gasteiger partial charge in [0.05, 0.1) is 12.6 Å². The molecule has 0 unspecified atom stereocenters. The molecule has 19 N–H and O–H groups in total. The van der Waals surface area contributed by atoms with Crippen LogP contribution in [0.5, 0.6) is 5.75 Å². The number of hydrogen-bond donors (Lipinski definition) is 16. The highest BCUT2D eigenvalue weighted by Gasteiger charge is 2.37. The first kappa shape index (κ1) is 73.4. The average molecular weight is 1200 g/mol. The molecule has 2 aromatic rings. The van der Waals surface area contributed by atoms with Crippen molar-refractivity contribution in [3.8, 4) is 5.75 Å². The summed E-state index contributed by atoms with van der Waals surface area (Å²) in [6, 6.07) is 0.540. The number of carboxylic acid groups (broad SMARTS) is 2. The van der Waals surface area contributed by atoms with Gasteiger partial charge in [0, 0.05) is 19.3 Å². The summed E-state index contributed by atoms with van der Waals surface area (Å²) in [7, 11) is 0. The Morgan fingerprint density at radius 1 is 0.482 bits per heavy atom. The van der Waals surface area contributed by atoms with Crippen molar-refractivity contribution < 1.29 is 73.2 Å². The van der Waals surface area contributed by atoms with E-state index in [-0.39, 0.29) is 50.3 Å². The number of nitrogens with two attached hydrogens (primary N) is 3. The normalized spacial score (nSPS) is 15.1. The number of aliphatic carboxylic acids is 2. The average Bonchev–Trinajstić information content (AvgIpc) is 3.64. The number of phenolic OH excluding ortho intramolecular Hbond substituents is 1. The zero-order valence-electron chi connectivity index (χ0n) is 49.8. The van der Waals surface area contributed by atoms with E-state index in [2.05, 4.69) is 47.9 Å². The van der Waals surface area contributed by atoms with Crippen LogP contribution in [0.3, 0.4) is 0 Å². The number of nitrogens with one attached hydrogen (secondary N) is 9. The first-order valence-corrected chi connectivity index (χ1v) is 28.9. The highest BCUT2D eigenvalue weighted by Crippen LogP contribution is 2.16. The maximum Gasteiger partial charge on any atom is 0.326 e. The van der Waals surface area contributed by atoms with Crippen LogP contribution in [0.15, 0.2) is 54.6 Å². The van der Waals surface area contributed by atoms with Crippen molar-refractivity contribution in [1.29, 1.82) is 0 Å². The molecule has 27 nitrogen and oxygen atoms in total. The van der Waals surface area contributed by atoms with Gasteiger partial charge in [0.15, 0.2) is 0 Å². The lowest BCUT2D eigenvalue weighted by atomic mass is 9.96. The minimum absolute atomic E-state index is 0.0697. The second-order valence-corrected chi connectivity index (χ2v) is 22.0. The van der Waals surface area contributed by atoms with Gasteiger partial charge in [-0.3, -0.25) is 47.9 Å². The van der Waals surface area contributed by atoms with E-state index in [1.807, 2.05) is 0 Å². The van der Waals surface area contributed by atoms with E-state index < -0.39 is 157 Å². The monoisotopic (exact) mass is 1200 g/mol. The van der Waals surface area contributed by atoms with Crippen LogP contribution >= 0.6 is 0 Å². The number of unbranched alkanes of at least 4 members (excludes halogenated alkanes) is 2. The molecule has 0 aliphatic carbocycles. The lowest BCUT2D eigenvalue weighted by Crippen LogP contribution is -2.62. The van der Waals surface area contributed by atoms with Crippen LogP contribution in [0.2, 0.25) is 0 Å². The Balaban J connectivity index is 2.51. The molecular weight excluding hydrogens is 1100 g/mol. The number of aromatic hydroxyl groups is 1. The molecule has 27 heteroatoms. The standard InChI is InChI=1S/C58H92N12O15/c1-8-34(6)48(70-52(78)40(19-13-15-27-60)63-51(77)41(24-25-46(73)74)64-55(81)45(31-71)68-49(75)35(7)62-50(76)39(61)18-12-14-26-59)57(83)66-42(29-36-16-10-9-11-17-36)53(79)65-43(30-37-20-22-38(72)23-21-37)54(80)69-47(33(4)5)56(82)67-44(58(84)85)28-32(2)3/h9-11,16-17,20-23,32-35,39-45,47-48,71-72H,8,12-15,18-19,24-31,59-61H2,1-7H3,(H,62,76)(H,63,77)(H,64,81)(H,65,79)(H,66,83)(H,67,82)(H,68,75)(H,69,80)(H,70,78)(H,73,74)(H,84,85)/t34-,35-,39-,40-,41-,42-,43-,44-,45-,47-,48-/m0/s1. The van der Waals surface area contributed by atoms with Gasteiger partial charge in [0.2, 0.25) is 53.2 Å². The topological polar surface area (TPSA) is 455 Å². The van der Waals surface area contributed by atoms with Crippen LogP contribution in [-0.4, -0.2) is 166 Å². The molecule has 0 fully saturated rings. The van der Waals surface area contributed by atoms with E-state index in [0.29, 0.717) is 49.8 Å². The van der Waals surface area contributed by atoms with Gasteiger partial charge < -0.3 is 85.5 Å². The van der Waals surface area contributed by atoms with Crippen molar-refractivity contribution in [2.75, 3.05) is 19.7 Å². The summed E-state index contributed by atoms with van der Waals surface area (Å²) in [5.74, 6) is -11.9. The summed E-state index contributed by atoms with van der Waals surface area (Å²) in [4.78, 5) is 149. The maximum absolute atomic E-state index is 14.7. The number of carbonyl (C=O) groups excluding carboxylic acids is 9. The zero-order chi connectivity index (χ0) is 63.9. The van der Waals surface area contributed by atoms with Crippen molar-refractivity contribution in [2.45, 2.75) is 186 Å². The van der Waals surface area contributed by atoms with Gasteiger partial charge in [-0.1, -0.05) is 96.8 Å². The molecule has 474 valence electrons. The second-order valence-electron chi connectivity index (χ2n) is 22.0. The molecule has 0 aliphatic heterocycles. The lowest BCUT2D eigenvalue weighted by molar-refractivity contribution is -0.143. The smallest absolute Gasteiger partial charge is 0.326 e. The third-order valence-corrected chi connectivity index (χ3v) is 14.0. The minimum Gasteiger partial charge on any atom is -0.508 e. The predicted octanol–water partition coefficient (Wildman–Crippen LogP) is -1.16. The summed E-state index contributed by atoms with van der Waals surface area (Å²) in [5, 5.41) is 62.6. The highest BCUT2D eigenvalue weighted by molar-refractivity contribution is 5.99. The molecule has 0 saturated carbocycles. The number of rotatable bonds is 40. The maximum atomic E-state index is 14.7. The summed E-state index contributed by atoms with van der Waals surface area (Å²) < 4.78 is 0. The van der Waals surface area contributed by atoms with Crippen LogP contribution in [0.25, 0.3) is 0 Å².